The van der Waals surface area contributed by atoms with Crippen LogP contribution in [-0.4, -0.2) is 29.6 Å². The number of halogens is 2. The van der Waals surface area contributed by atoms with E-state index in [0.29, 0.717) is 20.1 Å². The zero-order chi connectivity index (χ0) is 24.7. The number of carbonyl (C=O) groups excluding carboxylic acids is 2. The molecular formula is C23H17Br2N3O6. The Morgan fingerprint density at radius 2 is 1.88 bits per heavy atom. The molecule has 0 heterocycles. The number of amides is 1. The number of hydrazone groups is 1. The average Bonchev–Trinajstić information content (AvgIpc) is 2.79. The summed E-state index contributed by atoms with van der Waals surface area (Å²) in [5.41, 5.74) is 3.73. The number of nitro groups is 1. The maximum absolute atomic E-state index is 12.6. The van der Waals surface area contributed by atoms with Gasteiger partial charge >= 0.3 is 11.7 Å². The zero-order valence-corrected chi connectivity index (χ0v) is 20.8. The van der Waals surface area contributed by atoms with E-state index in [1.54, 1.807) is 36.4 Å². The SMILES string of the molecule is Cc1cccc(C(=O)Oc2c(Br)cc(Br)cc2C=NNC(=O)COc2ccccc2[N+](=O)[O-])c1. The summed E-state index contributed by atoms with van der Waals surface area (Å²) in [5, 5.41) is 14.9. The third-order valence-electron chi connectivity index (χ3n) is 4.30. The highest BCUT2D eigenvalue weighted by atomic mass is 79.9. The molecule has 11 heteroatoms. The molecule has 34 heavy (non-hydrogen) atoms. The largest absolute Gasteiger partial charge is 0.477 e. The second kappa shape index (κ2) is 11.5. The fourth-order valence-corrected chi connectivity index (χ4v) is 4.13. The van der Waals surface area contributed by atoms with Gasteiger partial charge in [0.1, 0.15) is 0 Å². The maximum Gasteiger partial charge on any atom is 0.343 e. The molecule has 0 saturated heterocycles. The fraction of sp³-hybridized carbons (Fsp3) is 0.0870. The highest BCUT2D eigenvalue weighted by molar-refractivity contribution is 9.11. The molecule has 0 aliphatic carbocycles. The number of hydrogen-bond donors (Lipinski definition) is 1. The number of rotatable bonds is 8. The van der Waals surface area contributed by atoms with Gasteiger partial charge in [0, 0.05) is 16.1 Å². The molecule has 0 unspecified atom stereocenters. The number of nitrogens with one attached hydrogen (secondary N) is 1. The van der Waals surface area contributed by atoms with Crippen molar-refractivity contribution in [2.45, 2.75) is 6.92 Å². The second-order valence-corrected chi connectivity index (χ2v) is 8.64. The monoisotopic (exact) mass is 589 g/mol. The van der Waals surface area contributed by atoms with Crippen LogP contribution in [-0.2, 0) is 4.79 Å². The summed E-state index contributed by atoms with van der Waals surface area (Å²) in [6, 6.07) is 16.1. The van der Waals surface area contributed by atoms with E-state index in [-0.39, 0.29) is 17.2 Å². The molecule has 0 bridgehead atoms. The van der Waals surface area contributed by atoms with E-state index in [1.165, 1.54) is 24.4 Å². The van der Waals surface area contributed by atoms with E-state index >= 15 is 0 Å². The minimum atomic E-state index is -0.637. The zero-order valence-electron chi connectivity index (χ0n) is 17.7. The van der Waals surface area contributed by atoms with Crippen LogP contribution in [0.5, 0.6) is 11.5 Å². The lowest BCUT2D eigenvalue weighted by Crippen LogP contribution is -2.24. The average molecular weight is 591 g/mol. The predicted octanol–water partition coefficient (Wildman–Crippen LogP) is 5.18. The first-order valence-electron chi connectivity index (χ1n) is 9.70. The van der Waals surface area contributed by atoms with Crippen molar-refractivity contribution in [2.24, 2.45) is 5.10 Å². The minimum Gasteiger partial charge on any atom is -0.477 e. The van der Waals surface area contributed by atoms with Gasteiger partial charge in [-0.1, -0.05) is 45.8 Å². The van der Waals surface area contributed by atoms with Crippen molar-refractivity contribution in [1.29, 1.82) is 0 Å². The van der Waals surface area contributed by atoms with Crippen molar-refractivity contribution in [3.8, 4) is 11.5 Å². The summed E-state index contributed by atoms with van der Waals surface area (Å²) in [6.07, 6.45) is 1.30. The van der Waals surface area contributed by atoms with Crippen LogP contribution < -0.4 is 14.9 Å². The van der Waals surface area contributed by atoms with E-state index in [2.05, 4.69) is 42.4 Å². The summed E-state index contributed by atoms with van der Waals surface area (Å²) in [6.45, 7) is 1.38. The predicted molar refractivity (Wildman–Crippen MR) is 132 cm³/mol. The summed E-state index contributed by atoms with van der Waals surface area (Å²) >= 11 is 6.74. The number of hydrogen-bond acceptors (Lipinski definition) is 7. The Balaban J connectivity index is 1.69. The third-order valence-corrected chi connectivity index (χ3v) is 5.35. The molecule has 0 aromatic heterocycles. The fourth-order valence-electron chi connectivity index (χ4n) is 2.79. The molecule has 0 radical (unpaired) electrons. The first kappa shape index (κ1) is 25.1. The standard InChI is InChI=1S/C23H17Br2N3O6/c1-14-5-4-6-15(9-14)23(30)34-22-16(10-17(24)11-18(22)25)12-26-27-21(29)13-33-20-8-3-2-7-19(20)28(31)32/h2-12H,13H2,1H3,(H,27,29). The van der Waals surface area contributed by atoms with Crippen LogP contribution in [0.3, 0.4) is 0 Å². The van der Waals surface area contributed by atoms with Crippen molar-refractivity contribution in [1.82, 2.24) is 5.43 Å². The van der Waals surface area contributed by atoms with Crippen molar-refractivity contribution < 1.29 is 24.0 Å². The van der Waals surface area contributed by atoms with Gasteiger partial charge in [-0.25, -0.2) is 10.2 Å². The van der Waals surface area contributed by atoms with Crippen molar-refractivity contribution >= 4 is 55.6 Å². The Kier molecular flexibility index (Phi) is 8.50. The molecule has 0 spiro atoms. The Hall–Kier alpha value is -3.57. The van der Waals surface area contributed by atoms with Gasteiger partial charge < -0.3 is 9.47 Å². The molecule has 3 rings (SSSR count). The molecule has 0 aliphatic rings. The van der Waals surface area contributed by atoms with Crippen LogP contribution in [0.15, 0.2) is 74.7 Å². The maximum atomic E-state index is 12.6. The molecule has 0 fully saturated rings. The van der Waals surface area contributed by atoms with Crippen LogP contribution in [0.1, 0.15) is 21.5 Å². The van der Waals surface area contributed by atoms with Gasteiger partial charge in [-0.05, 0) is 53.2 Å². The number of carbonyl (C=O) groups is 2. The summed E-state index contributed by atoms with van der Waals surface area (Å²) in [4.78, 5) is 35.1. The summed E-state index contributed by atoms with van der Waals surface area (Å²) < 4.78 is 12.0. The smallest absolute Gasteiger partial charge is 0.343 e. The Bertz CT molecular complexity index is 1280. The lowest BCUT2D eigenvalue weighted by atomic mass is 10.1. The van der Waals surface area contributed by atoms with E-state index < -0.39 is 23.4 Å². The highest BCUT2D eigenvalue weighted by Crippen LogP contribution is 2.33. The number of esters is 1. The Morgan fingerprint density at radius 3 is 2.62 bits per heavy atom. The molecule has 9 nitrogen and oxygen atoms in total. The normalized spacial score (nSPS) is 10.7. The quantitative estimate of drug-likeness (QED) is 0.127. The molecular weight excluding hydrogens is 574 g/mol. The Morgan fingerprint density at radius 1 is 1.12 bits per heavy atom. The van der Waals surface area contributed by atoms with Gasteiger partial charge in [-0.3, -0.25) is 14.9 Å². The lowest BCUT2D eigenvalue weighted by molar-refractivity contribution is -0.385. The first-order valence-corrected chi connectivity index (χ1v) is 11.3. The van der Waals surface area contributed by atoms with Crippen molar-refractivity contribution in [2.75, 3.05) is 6.61 Å². The molecule has 1 amide bonds. The number of nitro benzene ring substituents is 1. The van der Waals surface area contributed by atoms with Gasteiger partial charge in [-0.2, -0.15) is 5.10 Å². The molecule has 1 N–H and O–H groups in total. The molecule has 0 atom stereocenters. The number of nitrogens with zero attached hydrogens (tertiary/aromatic N) is 2. The van der Waals surface area contributed by atoms with Crippen LogP contribution in [0.25, 0.3) is 0 Å². The summed E-state index contributed by atoms with van der Waals surface area (Å²) in [5.74, 6) is -1.01. The van der Waals surface area contributed by atoms with Crippen LogP contribution in [0.4, 0.5) is 5.69 Å². The molecule has 0 aliphatic heterocycles. The molecule has 3 aromatic rings. The molecule has 174 valence electrons. The lowest BCUT2D eigenvalue weighted by Gasteiger charge is -2.11. The number of ether oxygens (including phenoxy) is 2. The van der Waals surface area contributed by atoms with E-state index in [0.717, 1.165) is 5.56 Å². The van der Waals surface area contributed by atoms with Gasteiger partial charge in [-0.15, -0.1) is 0 Å². The minimum absolute atomic E-state index is 0.0344. The van der Waals surface area contributed by atoms with Crippen molar-refractivity contribution in [3.05, 3.63) is 96.4 Å². The van der Waals surface area contributed by atoms with Crippen LogP contribution in [0.2, 0.25) is 0 Å². The van der Waals surface area contributed by atoms with Crippen LogP contribution in [0, 0.1) is 17.0 Å². The Labute approximate surface area is 211 Å². The van der Waals surface area contributed by atoms with Gasteiger partial charge in [0.05, 0.1) is 21.2 Å². The number of para-hydroxylation sites is 2. The highest BCUT2D eigenvalue weighted by Gasteiger charge is 2.16. The number of aryl methyl sites for hydroxylation is 1. The van der Waals surface area contributed by atoms with Gasteiger partial charge in [0.25, 0.3) is 5.91 Å². The topological polar surface area (TPSA) is 120 Å². The first-order chi connectivity index (χ1) is 16.2. The second-order valence-electron chi connectivity index (χ2n) is 6.87. The number of benzene rings is 3. The van der Waals surface area contributed by atoms with Gasteiger partial charge in [0.15, 0.2) is 18.1 Å². The molecule has 0 saturated carbocycles. The van der Waals surface area contributed by atoms with Gasteiger partial charge in [0.2, 0.25) is 0 Å². The van der Waals surface area contributed by atoms with Crippen molar-refractivity contribution in [3.63, 3.8) is 0 Å². The van der Waals surface area contributed by atoms with Crippen LogP contribution >= 0.6 is 31.9 Å². The molecule has 3 aromatic carbocycles. The van der Waals surface area contributed by atoms with E-state index in [1.807, 2.05) is 13.0 Å². The third kappa shape index (κ3) is 6.72. The summed E-state index contributed by atoms with van der Waals surface area (Å²) in [7, 11) is 0. The van der Waals surface area contributed by atoms with E-state index in [9.17, 15) is 19.7 Å². The van der Waals surface area contributed by atoms with E-state index in [4.69, 9.17) is 9.47 Å².